The van der Waals surface area contributed by atoms with Gasteiger partial charge in [-0.1, -0.05) is 48.6 Å². The summed E-state index contributed by atoms with van der Waals surface area (Å²) in [6.45, 7) is 0.481. The van der Waals surface area contributed by atoms with Gasteiger partial charge in [0.05, 0.1) is 0 Å². The summed E-state index contributed by atoms with van der Waals surface area (Å²) in [6, 6.07) is 16.8. The number of carbonyl (C=O) groups is 1. The van der Waals surface area contributed by atoms with Gasteiger partial charge in [0.1, 0.15) is 4.99 Å². The van der Waals surface area contributed by atoms with E-state index in [1.165, 1.54) is 0 Å². The first kappa shape index (κ1) is 15.0. The number of hydrogen-bond acceptors (Lipinski definition) is 2. The number of amides is 2. The molecule has 2 aromatic rings. The van der Waals surface area contributed by atoms with E-state index in [-0.39, 0.29) is 6.03 Å². The SMILES string of the molecule is CN(Cc1cccc(C(N)=S)c1)C(=O)Nc1ccccc1. The molecule has 2 aromatic carbocycles. The highest BCUT2D eigenvalue weighted by atomic mass is 32.1. The molecule has 0 heterocycles. The number of rotatable bonds is 4. The standard InChI is InChI=1S/C16H17N3OS/c1-19(16(20)18-14-8-3-2-4-9-14)11-12-6-5-7-13(10-12)15(17)21/h2-10H,11H2,1H3,(H2,17,21)(H,18,20). The zero-order valence-corrected chi connectivity index (χ0v) is 12.6. The minimum absolute atomic E-state index is 0.165. The van der Waals surface area contributed by atoms with Crippen LogP contribution in [0.3, 0.4) is 0 Å². The van der Waals surface area contributed by atoms with Crippen molar-refractivity contribution >= 4 is 28.9 Å². The summed E-state index contributed by atoms with van der Waals surface area (Å²) in [5.74, 6) is 0. The highest BCUT2D eigenvalue weighted by Gasteiger charge is 2.09. The van der Waals surface area contributed by atoms with Gasteiger partial charge in [0.2, 0.25) is 0 Å². The molecule has 0 aliphatic heterocycles. The lowest BCUT2D eigenvalue weighted by atomic mass is 10.1. The van der Waals surface area contributed by atoms with Crippen molar-refractivity contribution in [3.63, 3.8) is 0 Å². The van der Waals surface area contributed by atoms with E-state index in [9.17, 15) is 4.79 Å². The summed E-state index contributed by atoms with van der Waals surface area (Å²) in [5, 5.41) is 2.84. The molecule has 0 unspecified atom stereocenters. The van der Waals surface area contributed by atoms with Gasteiger partial charge in [0.15, 0.2) is 0 Å². The molecule has 5 heteroatoms. The fourth-order valence-corrected chi connectivity index (χ4v) is 2.04. The van der Waals surface area contributed by atoms with Gasteiger partial charge in [-0.15, -0.1) is 0 Å². The van der Waals surface area contributed by atoms with Crippen LogP contribution in [-0.2, 0) is 6.54 Å². The third kappa shape index (κ3) is 4.29. The molecule has 0 saturated heterocycles. The summed E-state index contributed by atoms with van der Waals surface area (Å²) >= 11 is 4.96. The Balaban J connectivity index is 2.00. The number of anilines is 1. The normalized spacial score (nSPS) is 9.95. The first-order valence-electron chi connectivity index (χ1n) is 6.52. The van der Waals surface area contributed by atoms with Crippen molar-refractivity contribution in [1.82, 2.24) is 4.90 Å². The van der Waals surface area contributed by atoms with Crippen LogP contribution < -0.4 is 11.1 Å². The molecule has 4 nitrogen and oxygen atoms in total. The monoisotopic (exact) mass is 299 g/mol. The molecule has 2 amide bonds. The smallest absolute Gasteiger partial charge is 0.321 e. The number of nitrogens with two attached hydrogens (primary N) is 1. The molecular weight excluding hydrogens is 282 g/mol. The van der Waals surface area contributed by atoms with Crippen LogP contribution in [-0.4, -0.2) is 23.0 Å². The van der Waals surface area contributed by atoms with Crippen LogP contribution >= 0.6 is 12.2 Å². The van der Waals surface area contributed by atoms with E-state index in [0.717, 1.165) is 16.8 Å². The maximum atomic E-state index is 12.1. The fourth-order valence-electron chi connectivity index (χ4n) is 1.91. The lowest BCUT2D eigenvalue weighted by molar-refractivity contribution is 0.220. The van der Waals surface area contributed by atoms with Gasteiger partial charge >= 0.3 is 6.03 Å². The van der Waals surface area contributed by atoms with E-state index in [4.69, 9.17) is 18.0 Å². The summed E-state index contributed by atoms with van der Waals surface area (Å²) in [7, 11) is 1.74. The van der Waals surface area contributed by atoms with Crippen molar-refractivity contribution in [2.45, 2.75) is 6.54 Å². The third-order valence-corrected chi connectivity index (χ3v) is 3.24. The molecule has 0 saturated carbocycles. The molecule has 21 heavy (non-hydrogen) atoms. The number of urea groups is 1. The number of carbonyl (C=O) groups excluding carboxylic acids is 1. The number of thiocarbonyl (C=S) groups is 1. The number of benzene rings is 2. The number of nitrogens with zero attached hydrogens (tertiary/aromatic N) is 1. The van der Waals surface area contributed by atoms with Crippen LogP contribution in [0.2, 0.25) is 0 Å². The van der Waals surface area contributed by atoms with Crippen LogP contribution in [0.25, 0.3) is 0 Å². The molecule has 0 spiro atoms. The van der Waals surface area contributed by atoms with Crippen molar-refractivity contribution in [1.29, 1.82) is 0 Å². The second-order valence-electron chi connectivity index (χ2n) is 4.72. The molecule has 0 aliphatic rings. The molecule has 3 N–H and O–H groups in total. The Morgan fingerprint density at radius 1 is 1.19 bits per heavy atom. The van der Waals surface area contributed by atoms with Crippen LogP contribution in [0.15, 0.2) is 54.6 Å². The topological polar surface area (TPSA) is 58.4 Å². The molecule has 0 atom stereocenters. The Morgan fingerprint density at radius 3 is 2.57 bits per heavy atom. The molecule has 2 rings (SSSR count). The Morgan fingerprint density at radius 2 is 1.90 bits per heavy atom. The Kier molecular flexibility index (Phi) is 4.90. The van der Waals surface area contributed by atoms with E-state index in [0.29, 0.717) is 11.5 Å². The second-order valence-corrected chi connectivity index (χ2v) is 5.16. The zero-order chi connectivity index (χ0) is 15.2. The molecule has 0 aromatic heterocycles. The van der Waals surface area contributed by atoms with Crippen LogP contribution in [0.5, 0.6) is 0 Å². The lowest BCUT2D eigenvalue weighted by Crippen LogP contribution is -2.30. The van der Waals surface area contributed by atoms with Gasteiger partial charge in [-0.05, 0) is 23.8 Å². The van der Waals surface area contributed by atoms with Crippen molar-refractivity contribution in [2.75, 3.05) is 12.4 Å². The summed E-state index contributed by atoms with van der Waals surface area (Å²) in [5.41, 5.74) is 8.17. The second kappa shape index (κ2) is 6.85. The molecular formula is C16H17N3OS. The maximum absolute atomic E-state index is 12.1. The van der Waals surface area contributed by atoms with Gasteiger partial charge in [-0.25, -0.2) is 4.79 Å². The van der Waals surface area contributed by atoms with Crippen molar-refractivity contribution in [2.24, 2.45) is 5.73 Å². The van der Waals surface area contributed by atoms with Crippen LogP contribution in [0.1, 0.15) is 11.1 Å². The van der Waals surface area contributed by atoms with E-state index in [1.807, 2.05) is 54.6 Å². The maximum Gasteiger partial charge on any atom is 0.321 e. The highest BCUT2D eigenvalue weighted by molar-refractivity contribution is 7.80. The number of para-hydroxylation sites is 1. The van der Waals surface area contributed by atoms with Crippen molar-refractivity contribution in [3.8, 4) is 0 Å². The Hall–Kier alpha value is -2.40. The fraction of sp³-hybridized carbons (Fsp3) is 0.125. The average Bonchev–Trinajstić information content (AvgIpc) is 2.48. The minimum atomic E-state index is -0.165. The van der Waals surface area contributed by atoms with Gasteiger partial charge in [-0.3, -0.25) is 0 Å². The quantitative estimate of drug-likeness (QED) is 0.853. The average molecular weight is 299 g/mol. The molecule has 0 radical (unpaired) electrons. The third-order valence-electron chi connectivity index (χ3n) is 3.00. The van der Waals surface area contributed by atoms with E-state index in [1.54, 1.807) is 11.9 Å². The Labute approximate surface area is 129 Å². The van der Waals surface area contributed by atoms with E-state index < -0.39 is 0 Å². The highest BCUT2D eigenvalue weighted by Crippen LogP contribution is 2.10. The van der Waals surface area contributed by atoms with Gasteiger partial charge in [0, 0.05) is 24.8 Å². The summed E-state index contributed by atoms with van der Waals surface area (Å²) in [4.78, 5) is 14.1. The molecule has 0 fully saturated rings. The first-order valence-corrected chi connectivity index (χ1v) is 6.93. The molecule has 108 valence electrons. The lowest BCUT2D eigenvalue weighted by Gasteiger charge is -2.18. The molecule has 0 bridgehead atoms. The summed E-state index contributed by atoms with van der Waals surface area (Å²) < 4.78 is 0. The Bertz CT molecular complexity index is 643. The van der Waals surface area contributed by atoms with Crippen molar-refractivity contribution in [3.05, 3.63) is 65.7 Å². The van der Waals surface area contributed by atoms with Gasteiger partial charge in [0.25, 0.3) is 0 Å². The molecule has 0 aliphatic carbocycles. The zero-order valence-electron chi connectivity index (χ0n) is 11.7. The van der Waals surface area contributed by atoms with E-state index in [2.05, 4.69) is 5.32 Å². The number of nitrogens with one attached hydrogen (secondary N) is 1. The minimum Gasteiger partial charge on any atom is -0.389 e. The first-order chi connectivity index (χ1) is 10.1. The summed E-state index contributed by atoms with van der Waals surface area (Å²) in [6.07, 6.45) is 0. The van der Waals surface area contributed by atoms with Crippen molar-refractivity contribution < 1.29 is 4.79 Å². The largest absolute Gasteiger partial charge is 0.389 e. The van der Waals surface area contributed by atoms with E-state index >= 15 is 0 Å². The van der Waals surface area contributed by atoms with Crippen LogP contribution in [0.4, 0.5) is 10.5 Å². The van der Waals surface area contributed by atoms with Crippen LogP contribution in [0, 0.1) is 0 Å². The predicted molar refractivity (Wildman–Crippen MR) is 89.3 cm³/mol. The predicted octanol–water partition coefficient (Wildman–Crippen LogP) is 2.98. The van der Waals surface area contributed by atoms with Gasteiger partial charge in [-0.2, -0.15) is 0 Å². The number of hydrogen-bond donors (Lipinski definition) is 2. The van der Waals surface area contributed by atoms with Gasteiger partial charge < -0.3 is 16.0 Å².